The minimum absolute atomic E-state index is 0.252. The van der Waals surface area contributed by atoms with E-state index in [1.54, 1.807) is 10.9 Å². The fourth-order valence-electron chi connectivity index (χ4n) is 2.66. The number of nitrogens with two attached hydrogens (primary N) is 1. The van der Waals surface area contributed by atoms with E-state index in [1.165, 1.54) is 0 Å². The standard InChI is InChI=1S/C18H23F2N7/c1-3-27-16-13(9-24-27)15(23-11-18(2,19)20)25-17(26-16)22-10-14(21)12-7-5-4-6-8-12/h4-9,14H,3,10-11,21H2,1-2H3,(H2,22,23,25,26). The first-order valence-electron chi connectivity index (χ1n) is 8.77. The van der Waals surface area contributed by atoms with E-state index in [9.17, 15) is 8.78 Å². The Morgan fingerprint density at radius 3 is 2.59 bits per heavy atom. The average molecular weight is 375 g/mol. The lowest BCUT2D eigenvalue weighted by molar-refractivity contribution is 0.0367. The topological polar surface area (TPSA) is 93.7 Å². The van der Waals surface area contributed by atoms with Gasteiger partial charge >= 0.3 is 0 Å². The third-order valence-corrected chi connectivity index (χ3v) is 4.07. The summed E-state index contributed by atoms with van der Waals surface area (Å²) in [6.45, 7) is 3.26. The lowest BCUT2D eigenvalue weighted by Gasteiger charge is -2.15. The highest BCUT2D eigenvalue weighted by atomic mass is 19.3. The quantitative estimate of drug-likeness (QED) is 0.560. The van der Waals surface area contributed by atoms with Crippen molar-refractivity contribution in [2.24, 2.45) is 5.73 Å². The predicted octanol–water partition coefficient (Wildman–Crippen LogP) is 3.03. The van der Waals surface area contributed by atoms with E-state index in [2.05, 4.69) is 25.7 Å². The van der Waals surface area contributed by atoms with Gasteiger partial charge in [0, 0.05) is 26.1 Å². The number of hydrogen-bond acceptors (Lipinski definition) is 6. The van der Waals surface area contributed by atoms with Crippen LogP contribution in [0.3, 0.4) is 0 Å². The molecule has 9 heteroatoms. The summed E-state index contributed by atoms with van der Waals surface area (Å²) in [6.07, 6.45) is 1.58. The zero-order valence-electron chi connectivity index (χ0n) is 15.3. The molecule has 7 nitrogen and oxygen atoms in total. The lowest BCUT2D eigenvalue weighted by Crippen LogP contribution is -2.24. The number of halogens is 2. The largest absolute Gasteiger partial charge is 0.363 e. The molecule has 0 fully saturated rings. The van der Waals surface area contributed by atoms with Crippen molar-refractivity contribution in [2.45, 2.75) is 32.4 Å². The van der Waals surface area contributed by atoms with Gasteiger partial charge in [-0.25, -0.2) is 13.5 Å². The molecule has 2 aromatic heterocycles. The van der Waals surface area contributed by atoms with Gasteiger partial charge in [-0.2, -0.15) is 15.1 Å². The van der Waals surface area contributed by atoms with Crippen LogP contribution in [0, 0.1) is 0 Å². The van der Waals surface area contributed by atoms with Crippen LogP contribution in [0.4, 0.5) is 20.5 Å². The molecule has 27 heavy (non-hydrogen) atoms. The Morgan fingerprint density at radius 2 is 1.93 bits per heavy atom. The van der Waals surface area contributed by atoms with Crippen LogP contribution in [-0.4, -0.2) is 38.8 Å². The highest BCUT2D eigenvalue weighted by Crippen LogP contribution is 2.23. The van der Waals surface area contributed by atoms with Gasteiger partial charge in [-0.1, -0.05) is 30.3 Å². The summed E-state index contributed by atoms with van der Waals surface area (Å²) in [5.74, 6) is -2.23. The fraction of sp³-hybridized carbons (Fsp3) is 0.389. The molecule has 0 aliphatic carbocycles. The van der Waals surface area contributed by atoms with Gasteiger partial charge in [0.15, 0.2) is 5.65 Å². The van der Waals surface area contributed by atoms with Crippen LogP contribution < -0.4 is 16.4 Å². The van der Waals surface area contributed by atoms with Gasteiger partial charge < -0.3 is 16.4 Å². The molecule has 3 aromatic rings. The number of hydrogen-bond donors (Lipinski definition) is 3. The molecule has 3 rings (SSSR count). The lowest BCUT2D eigenvalue weighted by atomic mass is 10.1. The molecule has 0 spiro atoms. The van der Waals surface area contributed by atoms with Crippen LogP contribution in [0.2, 0.25) is 0 Å². The van der Waals surface area contributed by atoms with Crippen molar-refractivity contribution in [1.82, 2.24) is 19.7 Å². The van der Waals surface area contributed by atoms with Crippen LogP contribution in [-0.2, 0) is 6.54 Å². The first-order chi connectivity index (χ1) is 12.9. The first-order valence-corrected chi connectivity index (χ1v) is 8.77. The molecule has 1 aromatic carbocycles. The van der Waals surface area contributed by atoms with E-state index < -0.39 is 12.5 Å². The SMILES string of the molecule is CCn1ncc2c(NCC(C)(F)F)nc(NCC(N)c3ccccc3)nc21. The van der Waals surface area contributed by atoms with E-state index >= 15 is 0 Å². The molecule has 0 radical (unpaired) electrons. The van der Waals surface area contributed by atoms with Crippen molar-refractivity contribution in [1.29, 1.82) is 0 Å². The fourth-order valence-corrected chi connectivity index (χ4v) is 2.66. The zero-order valence-corrected chi connectivity index (χ0v) is 15.3. The van der Waals surface area contributed by atoms with Crippen LogP contribution in [0.5, 0.6) is 0 Å². The maximum absolute atomic E-state index is 13.3. The number of rotatable bonds is 8. The maximum Gasteiger partial charge on any atom is 0.262 e. The minimum Gasteiger partial charge on any atom is -0.363 e. The van der Waals surface area contributed by atoms with Crippen LogP contribution in [0.1, 0.15) is 25.5 Å². The summed E-state index contributed by atoms with van der Waals surface area (Å²) in [6, 6.07) is 9.40. The molecule has 0 saturated carbocycles. The molecule has 0 bridgehead atoms. The molecule has 0 amide bonds. The van der Waals surface area contributed by atoms with Gasteiger partial charge in [0.1, 0.15) is 5.82 Å². The Kier molecular flexibility index (Phi) is 5.50. The first kappa shape index (κ1) is 19.0. The number of benzene rings is 1. The van der Waals surface area contributed by atoms with E-state index in [0.717, 1.165) is 12.5 Å². The van der Waals surface area contributed by atoms with Crippen LogP contribution in [0.15, 0.2) is 36.5 Å². The van der Waals surface area contributed by atoms with Crippen molar-refractivity contribution in [3.05, 3.63) is 42.1 Å². The van der Waals surface area contributed by atoms with Gasteiger partial charge in [-0.3, -0.25) is 0 Å². The zero-order chi connectivity index (χ0) is 19.4. The van der Waals surface area contributed by atoms with E-state index in [-0.39, 0.29) is 6.04 Å². The van der Waals surface area contributed by atoms with E-state index in [0.29, 0.717) is 35.9 Å². The summed E-state index contributed by atoms with van der Waals surface area (Å²) in [5.41, 5.74) is 7.75. The average Bonchev–Trinajstić information content (AvgIpc) is 3.07. The van der Waals surface area contributed by atoms with Crippen molar-refractivity contribution in [2.75, 3.05) is 23.7 Å². The number of nitrogens with one attached hydrogen (secondary N) is 2. The number of anilines is 2. The number of fused-ring (bicyclic) bond motifs is 1. The van der Waals surface area contributed by atoms with E-state index in [4.69, 9.17) is 5.73 Å². The summed E-state index contributed by atoms with van der Waals surface area (Å²) < 4.78 is 28.2. The summed E-state index contributed by atoms with van der Waals surface area (Å²) in [7, 11) is 0. The molecule has 1 unspecified atom stereocenters. The Morgan fingerprint density at radius 1 is 1.19 bits per heavy atom. The molecule has 0 aliphatic rings. The molecule has 144 valence electrons. The van der Waals surface area contributed by atoms with Gasteiger partial charge in [-0.15, -0.1) is 0 Å². The normalized spacial score (nSPS) is 12.9. The number of aromatic nitrogens is 4. The van der Waals surface area contributed by atoms with Crippen LogP contribution >= 0.6 is 0 Å². The second-order valence-electron chi connectivity index (χ2n) is 6.42. The highest BCUT2D eigenvalue weighted by Gasteiger charge is 2.22. The smallest absolute Gasteiger partial charge is 0.262 e. The Bertz CT molecular complexity index is 890. The van der Waals surface area contributed by atoms with Crippen molar-refractivity contribution in [3.63, 3.8) is 0 Å². The van der Waals surface area contributed by atoms with E-state index in [1.807, 2.05) is 37.3 Å². The predicted molar refractivity (Wildman–Crippen MR) is 102 cm³/mol. The summed E-state index contributed by atoms with van der Waals surface area (Å²) >= 11 is 0. The molecular formula is C18H23F2N7. The monoisotopic (exact) mass is 375 g/mol. The third kappa shape index (κ3) is 4.68. The Hall–Kier alpha value is -2.81. The minimum atomic E-state index is -2.86. The van der Waals surface area contributed by atoms with Gasteiger partial charge in [-0.05, 0) is 12.5 Å². The molecule has 4 N–H and O–H groups in total. The molecule has 0 saturated heterocycles. The highest BCUT2D eigenvalue weighted by molar-refractivity contribution is 5.87. The molecular weight excluding hydrogens is 352 g/mol. The van der Waals surface area contributed by atoms with Crippen molar-refractivity contribution in [3.8, 4) is 0 Å². The number of nitrogens with zero attached hydrogens (tertiary/aromatic N) is 4. The van der Waals surface area contributed by atoms with Crippen LogP contribution in [0.25, 0.3) is 11.0 Å². The second kappa shape index (κ2) is 7.83. The van der Waals surface area contributed by atoms with Crippen molar-refractivity contribution < 1.29 is 8.78 Å². The van der Waals surface area contributed by atoms with Gasteiger partial charge in [0.05, 0.1) is 18.1 Å². The molecule has 2 heterocycles. The number of aryl methyl sites for hydroxylation is 1. The van der Waals surface area contributed by atoms with Crippen molar-refractivity contribution >= 4 is 22.8 Å². The molecule has 1 atom stereocenters. The summed E-state index contributed by atoms with van der Waals surface area (Å²) in [4.78, 5) is 8.81. The Labute approximate surface area is 156 Å². The third-order valence-electron chi connectivity index (χ3n) is 4.07. The molecule has 0 aliphatic heterocycles. The Balaban J connectivity index is 1.83. The maximum atomic E-state index is 13.3. The number of alkyl halides is 2. The second-order valence-corrected chi connectivity index (χ2v) is 6.42. The van der Waals surface area contributed by atoms with Gasteiger partial charge in [0.2, 0.25) is 5.95 Å². The van der Waals surface area contributed by atoms with Gasteiger partial charge in [0.25, 0.3) is 5.92 Å². The summed E-state index contributed by atoms with van der Waals surface area (Å²) in [5, 5.41) is 10.6.